The van der Waals surface area contributed by atoms with Gasteiger partial charge in [-0.2, -0.15) is 0 Å². The molecule has 0 amide bonds. The van der Waals surface area contributed by atoms with Crippen LogP contribution < -0.4 is 0 Å². The molecule has 0 aliphatic heterocycles. The van der Waals surface area contributed by atoms with Crippen molar-refractivity contribution in [2.24, 2.45) is 0 Å². The fourth-order valence-corrected chi connectivity index (χ4v) is 2.28. The van der Waals surface area contributed by atoms with Crippen LogP contribution in [-0.2, 0) is 9.47 Å². The minimum absolute atomic E-state index is 0.270. The van der Waals surface area contributed by atoms with Gasteiger partial charge in [0.25, 0.3) is 0 Å². The predicted octanol–water partition coefficient (Wildman–Crippen LogP) is 4.45. The standard InChI is InChI=1S/C18H28O3/c1-4-5-6-7-8-9-20-10-11-21-18(19)17-13-15(2)12-16(3)14-17/h12-14H,4-11H2,1-3H3. The topological polar surface area (TPSA) is 35.5 Å². The van der Waals surface area contributed by atoms with Crippen LogP contribution in [0.3, 0.4) is 0 Å². The maximum absolute atomic E-state index is 11.9. The normalized spacial score (nSPS) is 10.6. The molecule has 0 aliphatic rings. The fourth-order valence-electron chi connectivity index (χ4n) is 2.28. The van der Waals surface area contributed by atoms with E-state index in [4.69, 9.17) is 9.47 Å². The van der Waals surface area contributed by atoms with Crippen molar-refractivity contribution in [1.82, 2.24) is 0 Å². The number of rotatable bonds is 10. The number of unbranched alkanes of at least 4 members (excludes halogenated alkanes) is 4. The van der Waals surface area contributed by atoms with Crippen molar-refractivity contribution >= 4 is 5.97 Å². The summed E-state index contributed by atoms with van der Waals surface area (Å²) in [6.07, 6.45) is 6.14. The molecule has 0 bridgehead atoms. The lowest BCUT2D eigenvalue weighted by molar-refractivity contribution is 0.0312. The van der Waals surface area contributed by atoms with Crippen LogP contribution in [0.15, 0.2) is 18.2 Å². The predicted molar refractivity (Wildman–Crippen MR) is 85.8 cm³/mol. The number of hydrogen-bond acceptors (Lipinski definition) is 3. The summed E-state index contributed by atoms with van der Waals surface area (Å²) < 4.78 is 10.7. The molecule has 0 saturated heterocycles. The summed E-state index contributed by atoms with van der Waals surface area (Å²) in [6.45, 7) is 7.72. The van der Waals surface area contributed by atoms with Gasteiger partial charge < -0.3 is 9.47 Å². The van der Waals surface area contributed by atoms with Crippen LogP contribution in [0.4, 0.5) is 0 Å². The van der Waals surface area contributed by atoms with Gasteiger partial charge in [0.15, 0.2) is 0 Å². The molecule has 3 nitrogen and oxygen atoms in total. The summed E-state index contributed by atoms with van der Waals surface area (Å²) in [5.74, 6) is -0.270. The van der Waals surface area contributed by atoms with Crippen molar-refractivity contribution in [2.75, 3.05) is 19.8 Å². The quantitative estimate of drug-likeness (QED) is 0.472. The van der Waals surface area contributed by atoms with Gasteiger partial charge in [0.1, 0.15) is 6.61 Å². The van der Waals surface area contributed by atoms with E-state index < -0.39 is 0 Å². The molecule has 0 saturated carbocycles. The number of benzene rings is 1. The van der Waals surface area contributed by atoms with Crippen molar-refractivity contribution in [3.8, 4) is 0 Å². The second-order valence-electron chi connectivity index (χ2n) is 5.54. The number of aryl methyl sites for hydroxylation is 2. The first kappa shape index (κ1) is 17.7. The third-order valence-corrected chi connectivity index (χ3v) is 3.31. The maximum atomic E-state index is 11.9. The molecule has 0 radical (unpaired) electrons. The summed E-state index contributed by atoms with van der Waals surface area (Å²) in [5, 5.41) is 0. The van der Waals surface area contributed by atoms with Crippen molar-refractivity contribution in [2.45, 2.75) is 52.9 Å². The lowest BCUT2D eigenvalue weighted by atomic mass is 10.1. The first-order chi connectivity index (χ1) is 10.1. The lowest BCUT2D eigenvalue weighted by Crippen LogP contribution is -2.11. The van der Waals surface area contributed by atoms with E-state index in [9.17, 15) is 4.79 Å². The number of carbonyl (C=O) groups is 1. The molecule has 0 aliphatic carbocycles. The van der Waals surface area contributed by atoms with Crippen LogP contribution in [0.25, 0.3) is 0 Å². The molecular formula is C18H28O3. The van der Waals surface area contributed by atoms with Crippen LogP contribution in [0, 0.1) is 13.8 Å². The molecule has 1 aromatic rings. The van der Waals surface area contributed by atoms with Gasteiger partial charge in [-0.3, -0.25) is 0 Å². The number of esters is 1. The fraction of sp³-hybridized carbons (Fsp3) is 0.611. The lowest BCUT2D eigenvalue weighted by Gasteiger charge is -2.07. The zero-order chi connectivity index (χ0) is 15.5. The molecule has 0 N–H and O–H groups in total. The SMILES string of the molecule is CCCCCCCOCCOC(=O)c1cc(C)cc(C)c1. The Labute approximate surface area is 128 Å². The largest absolute Gasteiger partial charge is 0.460 e. The molecule has 118 valence electrons. The van der Waals surface area contributed by atoms with E-state index in [-0.39, 0.29) is 5.97 Å². The summed E-state index contributed by atoms with van der Waals surface area (Å²) in [4.78, 5) is 11.9. The molecular weight excluding hydrogens is 264 g/mol. The minimum atomic E-state index is -0.270. The van der Waals surface area contributed by atoms with E-state index in [0.717, 1.165) is 24.2 Å². The van der Waals surface area contributed by atoms with Crippen LogP contribution in [-0.4, -0.2) is 25.8 Å². The highest BCUT2D eigenvalue weighted by molar-refractivity contribution is 5.89. The third kappa shape index (κ3) is 7.86. The summed E-state index contributed by atoms with van der Waals surface area (Å²) in [5.41, 5.74) is 2.77. The Morgan fingerprint density at radius 1 is 0.905 bits per heavy atom. The highest BCUT2D eigenvalue weighted by atomic mass is 16.6. The van der Waals surface area contributed by atoms with Crippen molar-refractivity contribution < 1.29 is 14.3 Å². The Morgan fingerprint density at radius 2 is 1.57 bits per heavy atom. The van der Waals surface area contributed by atoms with Gasteiger partial charge in [0.2, 0.25) is 0 Å². The molecule has 3 heteroatoms. The monoisotopic (exact) mass is 292 g/mol. The third-order valence-electron chi connectivity index (χ3n) is 3.31. The van der Waals surface area contributed by atoms with Crippen LogP contribution in [0.2, 0.25) is 0 Å². The van der Waals surface area contributed by atoms with Crippen LogP contribution in [0.1, 0.15) is 60.5 Å². The zero-order valence-electron chi connectivity index (χ0n) is 13.6. The van der Waals surface area contributed by atoms with E-state index in [1.807, 2.05) is 32.0 Å². The molecule has 1 rings (SSSR count). The number of carbonyl (C=O) groups excluding carboxylic acids is 1. The Kier molecular flexibility index (Phi) is 8.76. The minimum Gasteiger partial charge on any atom is -0.460 e. The summed E-state index contributed by atoms with van der Waals surface area (Å²) >= 11 is 0. The zero-order valence-corrected chi connectivity index (χ0v) is 13.6. The average Bonchev–Trinajstić information content (AvgIpc) is 2.44. The van der Waals surface area contributed by atoms with Crippen LogP contribution in [0.5, 0.6) is 0 Å². The van der Waals surface area contributed by atoms with Crippen molar-refractivity contribution in [3.05, 3.63) is 34.9 Å². The summed E-state index contributed by atoms with van der Waals surface area (Å²) in [6, 6.07) is 5.74. The Hall–Kier alpha value is -1.35. The molecule has 21 heavy (non-hydrogen) atoms. The van der Waals surface area contributed by atoms with E-state index in [1.165, 1.54) is 25.7 Å². The van der Waals surface area contributed by atoms with E-state index in [0.29, 0.717) is 18.8 Å². The van der Waals surface area contributed by atoms with Gasteiger partial charge in [-0.05, 0) is 32.4 Å². The maximum Gasteiger partial charge on any atom is 0.338 e. The molecule has 0 heterocycles. The smallest absolute Gasteiger partial charge is 0.338 e. The molecule has 1 aromatic carbocycles. The Bertz CT molecular complexity index is 406. The Morgan fingerprint density at radius 3 is 2.24 bits per heavy atom. The van der Waals surface area contributed by atoms with Gasteiger partial charge in [-0.15, -0.1) is 0 Å². The van der Waals surface area contributed by atoms with Crippen molar-refractivity contribution in [1.29, 1.82) is 0 Å². The molecule has 0 unspecified atom stereocenters. The van der Waals surface area contributed by atoms with Crippen molar-refractivity contribution in [3.63, 3.8) is 0 Å². The first-order valence-corrected chi connectivity index (χ1v) is 7.96. The van der Waals surface area contributed by atoms with Crippen LogP contribution >= 0.6 is 0 Å². The first-order valence-electron chi connectivity index (χ1n) is 7.96. The van der Waals surface area contributed by atoms with Gasteiger partial charge in [-0.1, -0.05) is 49.8 Å². The number of hydrogen-bond donors (Lipinski definition) is 0. The van der Waals surface area contributed by atoms with Gasteiger partial charge in [-0.25, -0.2) is 4.79 Å². The van der Waals surface area contributed by atoms with E-state index in [2.05, 4.69) is 6.92 Å². The van der Waals surface area contributed by atoms with E-state index in [1.54, 1.807) is 0 Å². The molecule has 0 aromatic heterocycles. The highest BCUT2D eigenvalue weighted by Gasteiger charge is 2.07. The van der Waals surface area contributed by atoms with Gasteiger partial charge >= 0.3 is 5.97 Å². The molecule has 0 spiro atoms. The second-order valence-corrected chi connectivity index (χ2v) is 5.54. The summed E-state index contributed by atoms with van der Waals surface area (Å²) in [7, 11) is 0. The average molecular weight is 292 g/mol. The molecule has 0 fully saturated rings. The highest BCUT2D eigenvalue weighted by Crippen LogP contribution is 2.10. The molecule has 0 atom stereocenters. The van der Waals surface area contributed by atoms with E-state index >= 15 is 0 Å². The Balaban J connectivity index is 2.11. The van der Waals surface area contributed by atoms with Gasteiger partial charge in [0.05, 0.1) is 12.2 Å². The second kappa shape index (κ2) is 10.4. The van der Waals surface area contributed by atoms with Gasteiger partial charge in [0, 0.05) is 6.61 Å². The number of ether oxygens (including phenoxy) is 2.